The van der Waals surface area contributed by atoms with E-state index in [4.69, 9.17) is 0 Å². The zero-order valence-corrected chi connectivity index (χ0v) is 10.4. The van der Waals surface area contributed by atoms with Crippen LogP contribution in [0, 0.1) is 0 Å². The van der Waals surface area contributed by atoms with E-state index in [1.807, 2.05) is 0 Å². The molecule has 1 aliphatic rings. The second-order valence-electron chi connectivity index (χ2n) is 4.10. The zero-order valence-electron chi connectivity index (χ0n) is 9.60. The van der Waals surface area contributed by atoms with Gasteiger partial charge in [-0.15, -0.1) is 8.42 Å². The quantitative estimate of drug-likeness (QED) is 0.411. The number of nitrogens with zero attached hydrogens (tertiary/aromatic N) is 1. The van der Waals surface area contributed by atoms with Crippen LogP contribution in [0.4, 0.5) is 3.89 Å². The second-order valence-corrected chi connectivity index (χ2v) is 5.65. The van der Waals surface area contributed by atoms with Gasteiger partial charge in [-0.2, -0.15) is 3.89 Å². The second kappa shape index (κ2) is 5.59. The van der Waals surface area contributed by atoms with Gasteiger partial charge < -0.3 is 0 Å². The average Bonchev–Trinajstić information content (AvgIpc) is 2.24. The van der Waals surface area contributed by atoms with Gasteiger partial charge in [-0.05, 0) is 25.0 Å². The first-order chi connectivity index (χ1) is 7.52. The van der Waals surface area contributed by atoms with E-state index in [1.165, 1.54) is 6.20 Å². The van der Waals surface area contributed by atoms with Gasteiger partial charge in [0.05, 0.1) is 0 Å². The van der Waals surface area contributed by atoms with Gasteiger partial charge in [0.15, 0.2) is 0 Å². The van der Waals surface area contributed by atoms with Crippen LogP contribution < -0.4 is 0 Å². The average molecular weight is 248 g/mol. The Morgan fingerprint density at radius 3 is 2.50 bits per heavy atom. The number of allylic oxidation sites excluding steroid dienone is 2. The molecule has 1 unspecified atom stereocenters. The number of halogens is 1. The minimum Gasteiger partial charge on any atom is -0.161 e. The fourth-order valence-electron chi connectivity index (χ4n) is 1.83. The maximum atomic E-state index is 13.3. The summed E-state index contributed by atoms with van der Waals surface area (Å²) in [7, 11) is -4.58. The van der Waals surface area contributed by atoms with Crippen molar-refractivity contribution in [2.24, 2.45) is 0 Å². The van der Waals surface area contributed by atoms with E-state index in [0.717, 1.165) is 25.7 Å². The van der Waals surface area contributed by atoms with Gasteiger partial charge in [-0.1, -0.05) is 29.7 Å². The Morgan fingerprint density at radius 2 is 2.00 bits per heavy atom. The molecular formula is C11H19FNO2S+. The molecule has 0 amide bonds. The molecular weight excluding hydrogens is 229 g/mol. The first kappa shape index (κ1) is 13.4. The van der Waals surface area contributed by atoms with Crippen LogP contribution >= 0.6 is 0 Å². The van der Waals surface area contributed by atoms with E-state index in [0.29, 0.717) is 6.54 Å². The van der Waals surface area contributed by atoms with E-state index in [-0.39, 0.29) is 6.54 Å². The minimum atomic E-state index is -4.58. The molecule has 5 heteroatoms. The van der Waals surface area contributed by atoms with E-state index >= 15 is 0 Å². The summed E-state index contributed by atoms with van der Waals surface area (Å²) in [5.41, 5.74) is 0. The Kier molecular flexibility index (Phi) is 4.68. The summed E-state index contributed by atoms with van der Waals surface area (Å²) >= 11 is 0. The van der Waals surface area contributed by atoms with Gasteiger partial charge in [-0.25, -0.2) is 0 Å². The molecule has 1 rings (SSSR count). The highest BCUT2D eigenvalue weighted by atomic mass is 32.3. The van der Waals surface area contributed by atoms with Crippen molar-refractivity contribution < 1.29 is 16.2 Å². The molecule has 0 aromatic heterocycles. The first-order valence-electron chi connectivity index (χ1n) is 5.68. The number of rotatable bonds is 6. The van der Waals surface area contributed by atoms with Crippen LogP contribution in [0.1, 0.15) is 32.6 Å². The molecule has 0 aliphatic carbocycles. The van der Waals surface area contributed by atoms with Crippen LogP contribution in [0.25, 0.3) is 0 Å². The number of quaternary nitrogens is 1. The summed E-state index contributed by atoms with van der Waals surface area (Å²) in [5.74, 6) is 0. The van der Waals surface area contributed by atoms with Gasteiger partial charge in [0.1, 0.15) is 19.3 Å². The zero-order chi connectivity index (χ0) is 12.1. The van der Waals surface area contributed by atoms with Gasteiger partial charge in [-0.3, -0.25) is 0 Å². The van der Waals surface area contributed by atoms with E-state index in [2.05, 4.69) is 6.92 Å². The Balaban J connectivity index is 2.67. The predicted octanol–water partition coefficient (Wildman–Crippen LogP) is 2.68. The first-order valence-corrected chi connectivity index (χ1v) is 7.02. The maximum Gasteiger partial charge on any atom is 0.479 e. The smallest absolute Gasteiger partial charge is 0.161 e. The van der Waals surface area contributed by atoms with E-state index in [9.17, 15) is 12.3 Å². The summed E-state index contributed by atoms with van der Waals surface area (Å²) in [6.45, 7) is 2.60. The maximum absolute atomic E-state index is 13.3. The lowest BCUT2D eigenvalue weighted by atomic mass is 10.2. The van der Waals surface area contributed by atoms with E-state index in [1.54, 1.807) is 18.2 Å². The molecule has 0 radical (unpaired) electrons. The number of hydrogen-bond acceptors (Lipinski definition) is 2. The highest BCUT2D eigenvalue weighted by Crippen LogP contribution is 2.23. The fourth-order valence-corrected chi connectivity index (χ4v) is 2.66. The molecule has 0 saturated carbocycles. The molecule has 0 fully saturated rings. The Morgan fingerprint density at radius 1 is 1.25 bits per heavy atom. The van der Waals surface area contributed by atoms with Gasteiger partial charge >= 0.3 is 10.4 Å². The highest BCUT2D eigenvalue weighted by Gasteiger charge is 2.40. The molecule has 0 spiro atoms. The Labute approximate surface area is 97.2 Å². The van der Waals surface area contributed by atoms with Crippen LogP contribution in [0.5, 0.6) is 0 Å². The standard InChI is InChI=1S/C11H19FNO2S/c1-2-3-4-6-9-13(16(12,14)15)10-7-5-8-11-13/h5,7-8,10H,2-4,6,9,11H2,1H3/q+1. The van der Waals surface area contributed by atoms with Gasteiger partial charge in [0.25, 0.3) is 0 Å². The lowest BCUT2D eigenvalue weighted by Gasteiger charge is -2.29. The van der Waals surface area contributed by atoms with Crippen LogP contribution in [-0.2, 0) is 10.4 Å². The van der Waals surface area contributed by atoms with Crippen molar-refractivity contribution in [3.8, 4) is 0 Å². The minimum absolute atomic E-state index is 0.196. The summed E-state index contributed by atoms with van der Waals surface area (Å²) in [6.07, 6.45) is 10.3. The van der Waals surface area contributed by atoms with Crippen molar-refractivity contribution >= 4 is 10.4 Å². The monoisotopic (exact) mass is 248 g/mol. The summed E-state index contributed by atoms with van der Waals surface area (Å²) in [6, 6.07) is 0. The third-order valence-electron chi connectivity index (χ3n) is 2.84. The topological polar surface area (TPSA) is 34.1 Å². The highest BCUT2D eigenvalue weighted by molar-refractivity contribution is 7.80. The predicted molar refractivity (Wildman–Crippen MR) is 62.4 cm³/mol. The molecule has 1 heterocycles. The summed E-state index contributed by atoms with van der Waals surface area (Å²) in [4.78, 5) is 0. The molecule has 1 atom stereocenters. The van der Waals surface area contributed by atoms with Crippen molar-refractivity contribution in [1.82, 2.24) is 0 Å². The van der Waals surface area contributed by atoms with Crippen LogP contribution in [-0.4, -0.2) is 25.4 Å². The normalized spacial score (nSPS) is 24.9. The SMILES string of the molecule is CCCCCC[N+]1(S(=O)(=O)F)C=CC=CC1. The molecule has 3 nitrogen and oxygen atoms in total. The molecule has 92 valence electrons. The number of hydrogen-bond donors (Lipinski definition) is 0. The summed E-state index contributed by atoms with van der Waals surface area (Å²) in [5, 5.41) is 0. The van der Waals surface area contributed by atoms with Crippen molar-refractivity contribution in [3.05, 3.63) is 24.4 Å². The van der Waals surface area contributed by atoms with Crippen LogP contribution in [0.3, 0.4) is 0 Å². The molecule has 0 bridgehead atoms. The Bertz CT molecular complexity index is 375. The van der Waals surface area contributed by atoms with Crippen molar-refractivity contribution in [3.63, 3.8) is 0 Å². The Hall–Kier alpha value is -0.680. The van der Waals surface area contributed by atoms with Gasteiger partial charge in [0, 0.05) is 0 Å². The van der Waals surface area contributed by atoms with Gasteiger partial charge in [0.2, 0.25) is 0 Å². The lowest BCUT2D eigenvalue weighted by molar-refractivity contribution is -0.749. The summed E-state index contributed by atoms with van der Waals surface area (Å²) < 4.78 is 35.1. The lowest BCUT2D eigenvalue weighted by Crippen LogP contribution is -2.47. The third-order valence-corrected chi connectivity index (χ3v) is 4.17. The van der Waals surface area contributed by atoms with Crippen LogP contribution in [0.15, 0.2) is 24.4 Å². The third kappa shape index (κ3) is 3.15. The van der Waals surface area contributed by atoms with E-state index < -0.39 is 14.3 Å². The van der Waals surface area contributed by atoms with Crippen molar-refractivity contribution in [2.75, 3.05) is 13.1 Å². The van der Waals surface area contributed by atoms with Crippen molar-refractivity contribution in [1.29, 1.82) is 0 Å². The molecule has 0 saturated heterocycles. The number of unbranched alkanes of at least 4 members (excludes halogenated alkanes) is 3. The van der Waals surface area contributed by atoms with Crippen molar-refractivity contribution in [2.45, 2.75) is 32.6 Å². The fraction of sp³-hybridized carbons (Fsp3) is 0.636. The molecule has 16 heavy (non-hydrogen) atoms. The molecule has 0 aromatic rings. The molecule has 0 aromatic carbocycles. The molecule has 1 aliphatic heterocycles. The molecule has 0 N–H and O–H groups in total. The largest absolute Gasteiger partial charge is 0.479 e. The van der Waals surface area contributed by atoms with Crippen LogP contribution in [0.2, 0.25) is 0 Å².